The molecule has 14 rings (SSSR count). The Morgan fingerprint density at radius 2 is 1.13 bits per heavy atom. The highest BCUT2D eigenvalue weighted by Crippen LogP contribution is 2.56. The molecule has 338 valence electrons. The van der Waals surface area contributed by atoms with Crippen LogP contribution in [0.4, 0.5) is 34.1 Å². The molecule has 3 aliphatic heterocycles. The molecule has 7 heteroatoms. The fraction of sp³-hybridized carbons (Fsp3) is 0.190. The maximum Gasteiger partial charge on any atom is 0.297 e. The van der Waals surface area contributed by atoms with E-state index in [0.29, 0.717) is 5.56 Å². The van der Waals surface area contributed by atoms with Gasteiger partial charge in [-0.25, -0.2) is 0 Å². The molecule has 0 N–H and O–H groups in total. The summed E-state index contributed by atoms with van der Waals surface area (Å²) in [7, 11) is 0. The summed E-state index contributed by atoms with van der Waals surface area (Å²) in [6.07, 6.45) is 0. The average Bonchev–Trinajstić information content (AvgIpc) is 4.02. The third-order valence-corrected chi connectivity index (χ3v) is 15.5. The third kappa shape index (κ3) is 5.50. The highest BCUT2D eigenvalue weighted by Gasteiger charge is 2.50. The number of furan rings is 2. The van der Waals surface area contributed by atoms with E-state index in [1.54, 1.807) is 0 Å². The minimum atomic E-state index is -0.318. The lowest BCUT2D eigenvalue weighted by Crippen LogP contribution is -2.61. The van der Waals surface area contributed by atoms with Crippen LogP contribution in [-0.2, 0) is 16.2 Å². The highest BCUT2D eigenvalue weighted by atomic mass is 16.3. The van der Waals surface area contributed by atoms with Crippen molar-refractivity contribution in [1.29, 1.82) is 5.26 Å². The Morgan fingerprint density at radius 3 is 1.87 bits per heavy atom. The fourth-order valence-electron chi connectivity index (χ4n) is 12.0. The number of fused-ring (bicyclic) bond motifs is 14. The molecule has 0 fully saturated rings. The van der Waals surface area contributed by atoms with Gasteiger partial charge in [0.05, 0.1) is 62.1 Å². The maximum absolute atomic E-state index is 11.2. The molecule has 3 aliphatic rings. The Labute approximate surface area is 408 Å². The lowest BCUT2D eigenvalue weighted by molar-refractivity contribution is 0.590. The zero-order chi connectivity index (χ0) is 47.9. The van der Waals surface area contributed by atoms with E-state index < -0.39 is 0 Å². The van der Waals surface area contributed by atoms with Crippen molar-refractivity contribution >= 4 is 112 Å². The van der Waals surface area contributed by atoms with Gasteiger partial charge in [0.25, 0.3) is 6.71 Å². The maximum atomic E-state index is 11.2. The predicted octanol–water partition coefficient (Wildman–Crippen LogP) is 15.3. The van der Waals surface area contributed by atoms with Gasteiger partial charge in [0.15, 0.2) is 0 Å². The largest absolute Gasteiger partial charge is 0.468 e. The lowest BCUT2D eigenvalue weighted by Gasteiger charge is -2.45. The van der Waals surface area contributed by atoms with Crippen LogP contribution in [0.25, 0.3) is 71.5 Å². The summed E-state index contributed by atoms with van der Waals surface area (Å²) >= 11 is 0. The van der Waals surface area contributed by atoms with Gasteiger partial charge < -0.3 is 23.2 Å². The predicted molar refractivity (Wildman–Crippen MR) is 292 cm³/mol. The van der Waals surface area contributed by atoms with Crippen LogP contribution in [0.5, 0.6) is 0 Å². The second-order valence-corrected chi connectivity index (χ2v) is 22.9. The van der Waals surface area contributed by atoms with E-state index in [1.807, 2.05) is 12.1 Å². The quantitative estimate of drug-likeness (QED) is 0.162. The number of para-hydroxylation sites is 1. The number of nitriles is 1. The molecule has 6 heterocycles. The molecule has 0 saturated carbocycles. The molecule has 70 heavy (non-hydrogen) atoms. The van der Waals surface area contributed by atoms with Crippen LogP contribution >= 0.6 is 0 Å². The van der Waals surface area contributed by atoms with Crippen molar-refractivity contribution in [3.63, 3.8) is 0 Å². The summed E-state index contributed by atoms with van der Waals surface area (Å²) in [6, 6.07) is 55.6. The Morgan fingerprint density at radius 1 is 0.471 bits per heavy atom. The van der Waals surface area contributed by atoms with E-state index in [1.165, 1.54) is 44.0 Å². The zero-order valence-corrected chi connectivity index (χ0v) is 41.0. The number of anilines is 6. The molecule has 0 amide bonds. The van der Waals surface area contributed by atoms with E-state index in [2.05, 4.69) is 216 Å². The molecule has 0 aliphatic carbocycles. The molecule has 0 unspecified atom stereocenters. The fourth-order valence-corrected chi connectivity index (χ4v) is 12.0. The zero-order valence-electron chi connectivity index (χ0n) is 41.0. The van der Waals surface area contributed by atoms with E-state index in [-0.39, 0.29) is 23.0 Å². The van der Waals surface area contributed by atoms with Crippen LogP contribution in [0, 0.1) is 11.3 Å². The van der Waals surface area contributed by atoms with Crippen LogP contribution in [0.2, 0.25) is 0 Å². The standard InChI is InChI=1S/C63H51BN4O2/c1-61(2,3)38-23-24-46-42(29-38)43-30-39(62(4,5)6)32-50-57(43)66(46)51-33-40(63(7,8)9)31-45-59(51)68(50)49-27-35(34-65)26-48-56(49)64(45)60-58(44-28-37(22-25-53(44)70-60)36-16-11-10-12-17-36)67(48)47-19-15-21-54-55(47)41-18-13-14-20-52(41)69-54/h10-33H,1-9H3. The summed E-state index contributed by atoms with van der Waals surface area (Å²) in [4.78, 5) is 4.91. The van der Waals surface area contributed by atoms with Gasteiger partial charge in [0.1, 0.15) is 16.7 Å². The first kappa shape index (κ1) is 41.1. The van der Waals surface area contributed by atoms with Gasteiger partial charge in [0.2, 0.25) is 0 Å². The third-order valence-electron chi connectivity index (χ3n) is 15.5. The van der Waals surface area contributed by atoms with Gasteiger partial charge in [-0.3, -0.25) is 0 Å². The number of aromatic nitrogens is 1. The summed E-state index contributed by atoms with van der Waals surface area (Å²) in [5, 5.41) is 16.8. The van der Waals surface area contributed by atoms with Crippen molar-refractivity contribution in [2.45, 2.75) is 78.6 Å². The second-order valence-electron chi connectivity index (χ2n) is 22.9. The first-order chi connectivity index (χ1) is 33.6. The SMILES string of the molecule is CC(C)(C)c1cc2c3c(c1)-n1c4ccc(C(C)(C)C)cc4c4cc(C(C)(C)C)cc(c41)N3c1cc(C#N)cc3c1B2c1oc2ccc(-c4ccccc4)cc2c1N3c1cccc2oc3ccccc3c12. The van der Waals surface area contributed by atoms with Crippen molar-refractivity contribution in [2.75, 3.05) is 9.80 Å². The van der Waals surface area contributed by atoms with E-state index in [9.17, 15) is 5.26 Å². The van der Waals surface area contributed by atoms with Crippen molar-refractivity contribution < 1.29 is 8.83 Å². The summed E-state index contributed by atoms with van der Waals surface area (Å²) < 4.78 is 16.6. The van der Waals surface area contributed by atoms with E-state index in [0.717, 1.165) is 95.0 Å². The first-order valence-electron chi connectivity index (χ1n) is 24.6. The smallest absolute Gasteiger partial charge is 0.297 e. The van der Waals surface area contributed by atoms with Crippen molar-refractivity contribution in [3.05, 3.63) is 168 Å². The van der Waals surface area contributed by atoms with E-state index in [4.69, 9.17) is 8.83 Å². The van der Waals surface area contributed by atoms with Crippen molar-refractivity contribution in [1.82, 2.24) is 4.57 Å². The van der Waals surface area contributed by atoms with Gasteiger partial charge >= 0.3 is 0 Å². The van der Waals surface area contributed by atoms with Crippen molar-refractivity contribution in [2.24, 2.45) is 0 Å². The van der Waals surface area contributed by atoms with Gasteiger partial charge in [-0.05, 0) is 128 Å². The summed E-state index contributed by atoms with van der Waals surface area (Å²) in [6.45, 7) is 20.5. The molecule has 0 radical (unpaired) electrons. The minimum absolute atomic E-state index is 0.0384. The highest BCUT2D eigenvalue weighted by molar-refractivity contribution is 7.00. The van der Waals surface area contributed by atoms with Crippen LogP contribution in [0.1, 0.15) is 84.6 Å². The van der Waals surface area contributed by atoms with Crippen LogP contribution in [-0.4, -0.2) is 11.3 Å². The second kappa shape index (κ2) is 13.6. The van der Waals surface area contributed by atoms with E-state index >= 15 is 0 Å². The summed E-state index contributed by atoms with van der Waals surface area (Å²) in [5.74, 6) is 0. The number of hydrogen-bond acceptors (Lipinski definition) is 5. The molecule has 8 aromatic carbocycles. The Kier molecular flexibility index (Phi) is 8.00. The number of benzene rings is 8. The van der Waals surface area contributed by atoms with Gasteiger partial charge in [-0.2, -0.15) is 5.26 Å². The Balaban J connectivity index is 1.18. The molecule has 11 aromatic rings. The van der Waals surface area contributed by atoms with Crippen LogP contribution < -0.4 is 26.4 Å². The minimum Gasteiger partial charge on any atom is -0.468 e. The monoisotopic (exact) mass is 906 g/mol. The molecule has 3 aromatic heterocycles. The molecule has 6 nitrogen and oxygen atoms in total. The number of rotatable bonds is 2. The van der Waals surface area contributed by atoms with Gasteiger partial charge in [0, 0.05) is 32.9 Å². The topological polar surface area (TPSA) is 61.5 Å². The molecule has 0 atom stereocenters. The lowest BCUT2D eigenvalue weighted by atomic mass is 9.35. The van der Waals surface area contributed by atoms with Gasteiger partial charge in [-0.15, -0.1) is 0 Å². The first-order valence-corrected chi connectivity index (χ1v) is 24.6. The normalized spacial score (nSPS) is 14.0. The molecular weight excluding hydrogens is 856 g/mol. The Hall–Kier alpha value is -7.95. The van der Waals surface area contributed by atoms with Crippen molar-refractivity contribution in [3.8, 4) is 22.9 Å². The molecule has 0 spiro atoms. The molecule has 0 saturated heterocycles. The van der Waals surface area contributed by atoms with Crippen LogP contribution in [0.3, 0.4) is 0 Å². The van der Waals surface area contributed by atoms with Crippen LogP contribution in [0.15, 0.2) is 154 Å². The number of nitrogens with zero attached hydrogens (tertiary/aromatic N) is 4. The molecule has 0 bridgehead atoms. The average molecular weight is 907 g/mol. The Bertz CT molecular complexity index is 4160. The number of hydrogen-bond donors (Lipinski definition) is 0. The summed E-state index contributed by atoms with van der Waals surface area (Å²) in [5.41, 5.74) is 21.5. The molecular formula is C63H51BN4O2. The van der Waals surface area contributed by atoms with Gasteiger partial charge in [-0.1, -0.05) is 135 Å².